The van der Waals surface area contributed by atoms with Gasteiger partial charge in [0.05, 0.1) is 5.69 Å². The minimum Gasteiger partial charge on any atom is -0.306 e. The Hall–Kier alpha value is -1.07. The predicted molar refractivity (Wildman–Crippen MR) is 55.2 cm³/mol. The maximum Gasteiger partial charge on any atom is 0.333 e. The second-order valence-corrected chi connectivity index (χ2v) is 3.44. The largest absolute Gasteiger partial charge is 0.333 e. The smallest absolute Gasteiger partial charge is 0.306 e. The molecule has 2 amide bonds. The number of nitrogens with two attached hydrogens (primary N) is 1. The molecule has 0 aliphatic rings. The predicted octanol–water partition coefficient (Wildman–Crippen LogP) is 1.75. The lowest BCUT2D eigenvalue weighted by Gasteiger charge is -2.06. The fraction of sp³-hybridized carbons (Fsp3) is 0.125. The topological polar surface area (TPSA) is 67.2 Å². The Morgan fingerprint density at radius 1 is 1.54 bits per heavy atom. The lowest BCUT2D eigenvalue weighted by molar-refractivity contribution is 0.252. The van der Waals surface area contributed by atoms with Crippen LogP contribution in [-0.4, -0.2) is 6.03 Å². The van der Waals surface area contributed by atoms with E-state index in [9.17, 15) is 4.79 Å². The highest BCUT2D eigenvalue weighted by Gasteiger charge is 2.02. The molecule has 0 spiro atoms. The third-order valence-corrected chi connectivity index (χ3v) is 2.19. The fourth-order valence-electron chi connectivity index (χ4n) is 0.893. The van der Waals surface area contributed by atoms with Gasteiger partial charge in [-0.1, -0.05) is 6.07 Å². The van der Waals surface area contributed by atoms with E-state index in [2.05, 4.69) is 21.2 Å². The van der Waals surface area contributed by atoms with Gasteiger partial charge in [-0.3, -0.25) is 5.43 Å². The van der Waals surface area contributed by atoms with Crippen LogP contribution in [0.4, 0.5) is 10.5 Å². The zero-order valence-electron chi connectivity index (χ0n) is 7.10. The van der Waals surface area contributed by atoms with Crippen LogP contribution in [0, 0.1) is 6.92 Å². The van der Waals surface area contributed by atoms with E-state index < -0.39 is 6.03 Å². The molecule has 0 aliphatic carbocycles. The Kier molecular flexibility index (Phi) is 3.27. The van der Waals surface area contributed by atoms with Crippen molar-refractivity contribution in [1.82, 2.24) is 5.43 Å². The molecule has 1 aromatic carbocycles. The van der Waals surface area contributed by atoms with E-state index in [1.165, 1.54) is 0 Å². The van der Waals surface area contributed by atoms with Crippen molar-refractivity contribution in [1.29, 1.82) is 0 Å². The van der Waals surface area contributed by atoms with E-state index >= 15 is 0 Å². The lowest BCUT2D eigenvalue weighted by Crippen LogP contribution is -2.34. The maximum atomic E-state index is 10.9. The van der Waals surface area contributed by atoms with Crippen molar-refractivity contribution in [2.75, 3.05) is 5.32 Å². The number of hydrogen-bond acceptors (Lipinski definition) is 2. The molecule has 0 heterocycles. The Morgan fingerprint density at radius 3 is 2.85 bits per heavy atom. The molecule has 0 saturated heterocycles. The number of urea groups is 1. The van der Waals surface area contributed by atoms with Gasteiger partial charge in [-0.25, -0.2) is 10.6 Å². The number of benzene rings is 1. The van der Waals surface area contributed by atoms with Crippen molar-refractivity contribution in [3.8, 4) is 0 Å². The zero-order chi connectivity index (χ0) is 9.84. The molecule has 13 heavy (non-hydrogen) atoms. The Bertz CT molecular complexity index is 327. The van der Waals surface area contributed by atoms with Crippen molar-refractivity contribution >= 4 is 27.6 Å². The molecule has 4 nitrogen and oxygen atoms in total. The summed E-state index contributed by atoms with van der Waals surface area (Å²) in [5.41, 5.74) is 3.75. The van der Waals surface area contributed by atoms with Crippen LogP contribution in [-0.2, 0) is 0 Å². The summed E-state index contributed by atoms with van der Waals surface area (Å²) in [6.45, 7) is 1.94. The van der Waals surface area contributed by atoms with E-state index in [1.54, 1.807) is 0 Å². The Morgan fingerprint density at radius 2 is 2.23 bits per heavy atom. The number of hydrazine groups is 1. The molecule has 0 aliphatic heterocycles. The highest BCUT2D eigenvalue weighted by molar-refractivity contribution is 9.10. The molecule has 0 radical (unpaired) electrons. The summed E-state index contributed by atoms with van der Waals surface area (Å²) in [6.07, 6.45) is 0. The molecule has 5 heteroatoms. The summed E-state index contributed by atoms with van der Waals surface area (Å²) in [5.74, 6) is 4.93. The molecule has 0 aromatic heterocycles. The van der Waals surface area contributed by atoms with Crippen LogP contribution in [0.25, 0.3) is 0 Å². The van der Waals surface area contributed by atoms with Crippen LogP contribution in [0.5, 0.6) is 0 Å². The lowest BCUT2D eigenvalue weighted by atomic mass is 10.2. The Balaban J connectivity index is 2.87. The first-order valence-electron chi connectivity index (χ1n) is 3.67. The molecule has 1 rings (SSSR count). The minimum atomic E-state index is -0.439. The minimum absolute atomic E-state index is 0.439. The van der Waals surface area contributed by atoms with Crippen LogP contribution in [0.1, 0.15) is 5.56 Å². The number of aryl methyl sites for hydroxylation is 1. The third kappa shape index (κ3) is 2.71. The number of carbonyl (C=O) groups is 1. The summed E-state index contributed by atoms with van der Waals surface area (Å²) >= 11 is 3.30. The zero-order valence-corrected chi connectivity index (χ0v) is 8.68. The van der Waals surface area contributed by atoms with Gasteiger partial charge in [0.2, 0.25) is 0 Å². The van der Waals surface area contributed by atoms with Gasteiger partial charge in [0.15, 0.2) is 0 Å². The van der Waals surface area contributed by atoms with Gasteiger partial charge in [-0.2, -0.15) is 0 Å². The van der Waals surface area contributed by atoms with E-state index in [0.29, 0.717) is 5.69 Å². The van der Waals surface area contributed by atoms with E-state index in [4.69, 9.17) is 5.84 Å². The van der Waals surface area contributed by atoms with E-state index in [1.807, 2.05) is 30.5 Å². The van der Waals surface area contributed by atoms with Crippen LogP contribution in [0.15, 0.2) is 22.7 Å². The number of carbonyl (C=O) groups excluding carboxylic acids is 1. The van der Waals surface area contributed by atoms with Gasteiger partial charge < -0.3 is 5.32 Å². The van der Waals surface area contributed by atoms with Gasteiger partial charge in [0.1, 0.15) is 0 Å². The average Bonchev–Trinajstić information content (AvgIpc) is 2.11. The fourth-order valence-corrected chi connectivity index (χ4v) is 1.24. The molecule has 0 saturated carbocycles. The van der Waals surface area contributed by atoms with Crippen molar-refractivity contribution in [2.24, 2.45) is 5.84 Å². The second-order valence-electron chi connectivity index (χ2n) is 2.58. The van der Waals surface area contributed by atoms with Crippen LogP contribution in [0.3, 0.4) is 0 Å². The number of halogens is 1. The molecule has 0 fully saturated rings. The van der Waals surface area contributed by atoms with E-state index in [-0.39, 0.29) is 0 Å². The van der Waals surface area contributed by atoms with Crippen molar-refractivity contribution in [3.63, 3.8) is 0 Å². The SMILES string of the molecule is Cc1ccc(Br)c(NC(=O)NN)c1. The molecule has 4 N–H and O–H groups in total. The Labute approximate surface area is 84.6 Å². The average molecular weight is 244 g/mol. The van der Waals surface area contributed by atoms with Crippen LogP contribution >= 0.6 is 15.9 Å². The van der Waals surface area contributed by atoms with Gasteiger partial charge in [0, 0.05) is 4.47 Å². The van der Waals surface area contributed by atoms with Crippen molar-refractivity contribution in [3.05, 3.63) is 28.2 Å². The van der Waals surface area contributed by atoms with Crippen LogP contribution in [0.2, 0.25) is 0 Å². The highest BCUT2D eigenvalue weighted by atomic mass is 79.9. The number of rotatable bonds is 1. The molecule has 0 unspecified atom stereocenters. The molecular formula is C8H10BrN3O. The number of anilines is 1. The number of hydrogen-bond donors (Lipinski definition) is 3. The molecule has 1 aromatic rings. The quantitative estimate of drug-likeness (QED) is 0.400. The first-order valence-corrected chi connectivity index (χ1v) is 4.46. The van der Waals surface area contributed by atoms with E-state index in [0.717, 1.165) is 10.0 Å². The summed E-state index contributed by atoms with van der Waals surface area (Å²) < 4.78 is 0.821. The van der Waals surface area contributed by atoms with Gasteiger partial charge in [-0.15, -0.1) is 0 Å². The molecule has 0 atom stereocenters. The highest BCUT2D eigenvalue weighted by Crippen LogP contribution is 2.22. The molecule has 70 valence electrons. The summed E-state index contributed by atoms with van der Waals surface area (Å²) in [4.78, 5) is 10.9. The first kappa shape index (κ1) is 10.0. The monoisotopic (exact) mass is 243 g/mol. The number of amides is 2. The van der Waals surface area contributed by atoms with Gasteiger partial charge in [-0.05, 0) is 40.5 Å². The summed E-state index contributed by atoms with van der Waals surface area (Å²) in [6, 6.07) is 5.21. The second kappa shape index (κ2) is 4.25. The number of nitrogens with one attached hydrogen (secondary N) is 2. The van der Waals surface area contributed by atoms with Crippen molar-refractivity contribution < 1.29 is 4.79 Å². The normalized spacial score (nSPS) is 9.46. The first-order chi connectivity index (χ1) is 6.13. The van der Waals surface area contributed by atoms with Crippen LogP contribution < -0.4 is 16.6 Å². The van der Waals surface area contributed by atoms with Gasteiger partial charge >= 0.3 is 6.03 Å². The third-order valence-electron chi connectivity index (χ3n) is 1.50. The van der Waals surface area contributed by atoms with Gasteiger partial charge in [0.25, 0.3) is 0 Å². The maximum absolute atomic E-state index is 10.9. The summed E-state index contributed by atoms with van der Waals surface area (Å²) in [5, 5.41) is 2.58. The molecular weight excluding hydrogens is 234 g/mol. The summed E-state index contributed by atoms with van der Waals surface area (Å²) in [7, 11) is 0. The molecule has 0 bridgehead atoms. The van der Waals surface area contributed by atoms with Crippen molar-refractivity contribution in [2.45, 2.75) is 6.92 Å². The standard InChI is InChI=1S/C8H10BrN3O/c1-5-2-3-6(9)7(4-5)11-8(13)12-10/h2-4H,10H2,1H3,(H2,11,12,13).